The second-order valence-corrected chi connectivity index (χ2v) is 10.6. The van der Waals surface area contributed by atoms with Crippen LogP contribution in [0, 0.1) is 0 Å². The van der Waals surface area contributed by atoms with Gasteiger partial charge in [-0.25, -0.2) is 0 Å². The molecule has 0 atom stereocenters. The first-order valence-electron chi connectivity index (χ1n) is 12.4. The van der Waals surface area contributed by atoms with Gasteiger partial charge < -0.3 is 25.4 Å². The number of hydrogen-bond donors (Lipinski definition) is 3. The molecule has 40 heavy (non-hydrogen) atoms. The molecule has 202 valence electrons. The van der Waals surface area contributed by atoms with Crippen molar-refractivity contribution in [2.45, 2.75) is 4.90 Å². The molecule has 0 fully saturated rings. The summed E-state index contributed by atoms with van der Waals surface area (Å²) < 4.78 is 11.1. The Hall–Kier alpha value is -4.54. The van der Waals surface area contributed by atoms with Gasteiger partial charge in [0.05, 0.1) is 5.75 Å². The van der Waals surface area contributed by atoms with Crippen LogP contribution in [-0.4, -0.2) is 36.7 Å². The fourth-order valence-electron chi connectivity index (χ4n) is 3.76. The molecule has 0 saturated heterocycles. The molecule has 0 unspecified atom stereocenters. The Morgan fingerprint density at radius 1 is 0.825 bits per heavy atom. The van der Waals surface area contributed by atoms with Crippen molar-refractivity contribution >= 4 is 58.3 Å². The Labute approximate surface area is 239 Å². The first-order valence-corrected chi connectivity index (χ1v) is 14.3. The topological polar surface area (TPSA) is 106 Å². The van der Waals surface area contributed by atoms with E-state index in [1.54, 1.807) is 60.7 Å². The summed E-state index contributed by atoms with van der Waals surface area (Å²) >= 11 is 2.83. The van der Waals surface area contributed by atoms with Gasteiger partial charge in [-0.15, -0.1) is 23.1 Å². The zero-order valence-electron chi connectivity index (χ0n) is 21.2. The Balaban J connectivity index is 1.17. The average Bonchev–Trinajstić information content (AvgIpc) is 3.50. The van der Waals surface area contributed by atoms with Crippen molar-refractivity contribution in [3.8, 4) is 11.5 Å². The minimum absolute atomic E-state index is 0.130. The van der Waals surface area contributed by atoms with Crippen LogP contribution in [0.2, 0.25) is 0 Å². The number of hydrogen-bond acceptors (Lipinski definition) is 7. The molecule has 3 N–H and O–H groups in total. The van der Waals surface area contributed by atoms with Crippen LogP contribution in [0.25, 0.3) is 6.08 Å². The predicted octanol–water partition coefficient (Wildman–Crippen LogP) is 5.66. The van der Waals surface area contributed by atoms with E-state index in [0.29, 0.717) is 41.7 Å². The van der Waals surface area contributed by atoms with Crippen LogP contribution in [0.4, 0.5) is 11.4 Å². The lowest BCUT2D eigenvalue weighted by Gasteiger charge is -2.19. The quantitative estimate of drug-likeness (QED) is 0.177. The van der Waals surface area contributed by atoms with Crippen molar-refractivity contribution in [2.24, 2.45) is 0 Å². The number of rotatable bonds is 9. The number of ether oxygens (including phenoxy) is 2. The van der Waals surface area contributed by atoms with Gasteiger partial charge in [-0.05, 0) is 66.1 Å². The zero-order valence-corrected chi connectivity index (χ0v) is 22.8. The minimum Gasteiger partial charge on any atom is -0.486 e. The van der Waals surface area contributed by atoms with Gasteiger partial charge in [-0.1, -0.05) is 24.3 Å². The summed E-state index contributed by atoms with van der Waals surface area (Å²) in [5, 5.41) is 10.3. The van der Waals surface area contributed by atoms with Crippen LogP contribution in [0.5, 0.6) is 11.5 Å². The summed E-state index contributed by atoms with van der Waals surface area (Å²) in [6, 6.07) is 24.9. The van der Waals surface area contributed by atoms with E-state index in [1.807, 2.05) is 35.7 Å². The molecule has 1 aromatic heterocycles. The van der Waals surface area contributed by atoms with E-state index >= 15 is 0 Å². The van der Waals surface area contributed by atoms with Crippen LogP contribution in [0.15, 0.2) is 101 Å². The number of anilines is 2. The number of amides is 3. The summed E-state index contributed by atoms with van der Waals surface area (Å²) in [5.41, 5.74) is 1.78. The molecule has 4 aromatic rings. The van der Waals surface area contributed by atoms with Gasteiger partial charge in [0, 0.05) is 32.8 Å². The summed E-state index contributed by atoms with van der Waals surface area (Å²) in [5.74, 6) is 0.508. The molecule has 8 nitrogen and oxygen atoms in total. The van der Waals surface area contributed by atoms with Crippen molar-refractivity contribution in [2.75, 3.05) is 29.6 Å². The monoisotopic (exact) mass is 571 g/mol. The molecule has 0 saturated carbocycles. The fourth-order valence-corrected chi connectivity index (χ4v) is 5.11. The molecule has 1 aliphatic rings. The van der Waals surface area contributed by atoms with E-state index < -0.39 is 5.91 Å². The van der Waals surface area contributed by atoms with Gasteiger partial charge in [0.25, 0.3) is 11.8 Å². The molecule has 10 heteroatoms. The van der Waals surface area contributed by atoms with Crippen LogP contribution in [-0.2, 0) is 9.59 Å². The van der Waals surface area contributed by atoms with Crippen LogP contribution in [0.3, 0.4) is 0 Å². The minimum atomic E-state index is -0.447. The first kappa shape index (κ1) is 27.0. The third-order valence-corrected chi connectivity index (χ3v) is 7.50. The van der Waals surface area contributed by atoms with E-state index in [0.717, 1.165) is 9.77 Å². The lowest BCUT2D eigenvalue weighted by atomic mass is 10.2. The second kappa shape index (κ2) is 13.0. The average molecular weight is 572 g/mol. The molecule has 2 heterocycles. The van der Waals surface area contributed by atoms with Crippen molar-refractivity contribution in [1.82, 2.24) is 5.32 Å². The lowest BCUT2D eigenvalue weighted by molar-refractivity contribution is -0.114. The van der Waals surface area contributed by atoms with E-state index in [2.05, 4.69) is 16.0 Å². The van der Waals surface area contributed by atoms with Crippen molar-refractivity contribution in [1.29, 1.82) is 0 Å². The Morgan fingerprint density at radius 3 is 2.33 bits per heavy atom. The highest BCUT2D eigenvalue weighted by atomic mass is 32.2. The summed E-state index contributed by atoms with van der Waals surface area (Å²) in [6.07, 6.45) is 1.64. The number of thioether (sulfide) groups is 1. The summed E-state index contributed by atoms with van der Waals surface area (Å²) in [4.78, 5) is 40.0. The molecule has 0 bridgehead atoms. The number of benzene rings is 3. The zero-order chi connectivity index (χ0) is 27.7. The van der Waals surface area contributed by atoms with Gasteiger partial charge in [-0.3, -0.25) is 14.4 Å². The summed E-state index contributed by atoms with van der Waals surface area (Å²) in [6.45, 7) is 0.987. The normalized spacial score (nSPS) is 12.3. The lowest BCUT2D eigenvalue weighted by Crippen LogP contribution is -2.30. The number of nitrogens with one attached hydrogen (secondary N) is 3. The molecule has 0 spiro atoms. The first-order chi connectivity index (χ1) is 19.5. The molecule has 0 aliphatic carbocycles. The van der Waals surface area contributed by atoms with Gasteiger partial charge >= 0.3 is 0 Å². The highest BCUT2D eigenvalue weighted by Crippen LogP contribution is 2.32. The van der Waals surface area contributed by atoms with Crippen LogP contribution >= 0.6 is 23.1 Å². The smallest absolute Gasteiger partial charge is 0.272 e. The highest BCUT2D eigenvalue weighted by Gasteiger charge is 2.16. The van der Waals surface area contributed by atoms with Crippen LogP contribution in [0.1, 0.15) is 15.2 Å². The van der Waals surface area contributed by atoms with Crippen molar-refractivity contribution in [3.63, 3.8) is 0 Å². The van der Waals surface area contributed by atoms with Gasteiger partial charge in [-0.2, -0.15) is 0 Å². The number of carbonyl (C=O) groups is 3. The SMILES string of the molecule is O=C(CSc1ccc(NC(=O)/C(=C/c2cccs2)NC(=O)c2ccccc2)cc1)Nc1ccc2c(c1)OCCO2. The maximum atomic E-state index is 13.1. The van der Waals surface area contributed by atoms with E-state index in [1.165, 1.54) is 23.1 Å². The number of carbonyl (C=O) groups excluding carboxylic acids is 3. The van der Waals surface area contributed by atoms with Crippen molar-refractivity contribution in [3.05, 3.63) is 106 Å². The molecular weight excluding hydrogens is 546 g/mol. The molecule has 1 aliphatic heterocycles. The highest BCUT2D eigenvalue weighted by molar-refractivity contribution is 8.00. The van der Waals surface area contributed by atoms with Gasteiger partial charge in [0.15, 0.2) is 11.5 Å². The molecular formula is C30H25N3O5S2. The maximum absolute atomic E-state index is 13.1. The number of fused-ring (bicyclic) bond motifs is 1. The molecule has 0 radical (unpaired) electrons. The van der Waals surface area contributed by atoms with E-state index in [-0.39, 0.29) is 23.3 Å². The molecule has 3 amide bonds. The predicted molar refractivity (Wildman–Crippen MR) is 158 cm³/mol. The van der Waals surface area contributed by atoms with Gasteiger partial charge in [0.2, 0.25) is 5.91 Å². The van der Waals surface area contributed by atoms with E-state index in [4.69, 9.17) is 9.47 Å². The van der Waals surface area contributed by atoms with Crippen molar-refractivity contribution < 1.29 is 23.9 Å². The number of thiophene rings is 1. The standard InChI is InChI=1S/C30H25N3O5S2/c34-28(31-22-10-13-26-27(17-22)38-15-14-37-26)19-40-23-11-8-21(9-12-23)32-30(36)25(18-24-7-4-16-39-24)33-29(35)20-5-2-1-3-6-20/h1-13,16-18H,14-15,19H2,(H,31,34)(H,32,36)(H,33,35)/b25-18-. The Morgan fingerprint density at radius 2 is 1.57 bits per heavy atom. The largest absolute Gasteiger partial charge is 0.486 e. The van der Waals surface area contributed by atoms with E-state index in [9.17, 15) is 14.4 Å². The third-order valence-electron chi connectivity index (χ3n) is 5.67. The van der Waals surface area contributed by atoms with Crippen LogP contribution < -0.4 is 25.4 Å². The van der Waals surface area contributed by atoms with Gasteiger partial charge in [0.1, 0.15) is 18.9 Å². The summed E-state index contributed by atoms with van der Waals surface area (Å²) in [7, 11) is 0. The Kier molecular flexibility index (Phi) is 8.79. The third kappa shape index (κ3) is 7.31. The second-order valence-electron chi connectivity index (χ2n) is 8.57. The molecule has 3 aromatic carbocycles. The maximum Gasteiger partial charge on any atom is 0.272 e. The molecule has 5 rings (SSSR count). The fraction of sp³-hybridized carbons (Fsp3) is 0.100. The Bertz CT molecular complexity index is 1520.